The Balaban J connectivity index is 1.93. The number of amides is 2. The molecule has 1 aliphatic rings. The molecule has 1 fully saturated rings. The van der Waals surface area contributed by atoms with E-state index in [1.807, 2.05) is 33.8 Å². The molecule has 0 saturated carbocycles. The lowest BCUT2D eigenvalue weighted by Gasteiger charge is -2.37. The van der Waals surface area contributed by atoms with E-state index in [-0.39, 0.29) is 83.8 Å². The number of nitrogens with zero attached hydrogens (tertiary/aromatic N) is 6. The van der Waals surface area contributed by atoms with E-state index in [9.17, 15) is 73.1 Å². The number of carbonyl (C=O) groups excluding carboxylic acids is 2. The van der Waals surface area contributed by atoms with Gasteiger partial charge in [-0.3, -0.25) is 67.1 Å². The van der Waals surface area contributed by atoms with Gasteiger partial charge in [0, 0.05) is 59.0 Å². The number of aliphatic carboxylic acids is 5. The summed E-state index contributed by atoms with van der Waals surface area (Å²) in [5, 5.41) is 48.4. The SMILES string of the molecule is CCOP(C)(=O)CN1CCN(CC(=O)N(CC(=O)O)CC(=O)O)CCN([C@H](CCCOP(=O)(O)Oc2cc(C)c(-c3c(C)cc(C)cc3C)cc2C)C(=O)O)CCN(CC(=O)N(CC(=O)O)CC(=O)O)CC1. The van der Waals surface area contributed by atoms with E-state index in [1.54, 1.807) is 34.6 Å². The zero-order valence-electron chi connectivity index (χ0n) is 42.0. The number of carboxylic acids is 5. The molecule has 2 unspecified atom stereocenters. The predicted octanol–water partition coefficient (Wildman–Crippen LogP) is 2.74. The molecule has 0 aliphatic carbocycles. The number of aryl methyl sites for hydroxylation is 5. The van der Waals surface area contributed by atoms with E-state index in [4.69, 9.17) is 13.6 Å². The summed E-state index contributed by atoms with van der Waals surface area (Å²) < 4.78 is 43.1. The second kappa shape index (κ2) is 28.2. The van der Waals surface area contributed by atoms with Gasteiger partial charge in [-0.2, -0.15) is 0 Å². The number of hydrogen-bond acceptors (Lipinski definition) is 16. The van der Waals surface area contributed by atoms with Crippen LogP contribution in [0, 0.1) is 34.6 Å². The molecule has 6 N–H and O–H groups in total. The quantitative estimate of drug-likeness (QED) is 0.0583. The second-order valence-corrected chi connectivity index (χ2v) is 21.9. The summed E-state index contributed by atoms with van der Waals surface area (Å²) in [6.45, 7) is 7.64. The smallest absolute Gasteiger partial charge is 0.480 e. The normalized spacial score (nSPS) is 16.8. The largest absolute Gasteiger partial charge is 0.527 e. The summed E-state index contributed by atoms with van der Waals surface area (Å²) in [7, 11) is -8.04. The van der Waals surface area contributed by atoms with Crippen LogP contribution < -0.4 is 4.52 Å². The van der Waals surface area contributed by atoms with E-state index in [0.717, 1.165) is 33.4 Å². The van der Waals surface area contributed by atoms with Crippen molar-refractivity contribution < 1.29 is 86.7 Å². The topological polar surface area (TPSA) is 322 Å². The van der Waals surface area contributed by atoms with Gasteiger partial charge >= 0.3 is 37.7 Å². The van der Waals surface area contributed by atoms with Crippen molar-refractivity contribution in [1.82, 2.24) is 29.4 Å². The molecule has 26 heteroatoms. The monoisotopic (exact) mass is 1060 g/mol. The predicted molar refractivity (Wildman–Crippen MR) is 262 cm³/mol. The van der Waals surface area contributed by atoms with Crippen LogP contribution in [0.2, 0.25) is 0 Å². The van der Waals surface area contributed by atoms with E-state index in [1.165, 1.54) is 11.6 Å². The molecule has 0 bridgehead atoms. The Bertz CT molecular complexity index is 2250. The van der Waals surface area contributed by atoms with Crippen LogP contribution in [0.4, 0.5) is 0 Å². The fourth-order valence-electron chi connectivity index (χ4n) is 8.53. The van der Waals surface area contributed by atoms with Gasteiger partial charge in [0.25, 0.3) is 0 Å². The standard InChI is InChI=1S/C46H70N6O18P2/c1-8-68-71(7,65)30-49-13-11-47(24-39(53)51(26-41(55)56)27-42(57)58)15-17-50(18-16-48(12-14-49)25-40(54)52(28-43(59)60)29-44(61)62)37(46(63)64)10-9-19-69-72(66,67)70-38-23-32(3)36(22-33(38)4)45-34(5)20-31(2)21-35(45)6/h20-23,37H,8-19,24-30H2,1-7H3,(H,55,56)(H,57,58)(H,59,60)(H,61,62)(H,63,64)(H,66,67)/t37-,71?/m1/s1. The number of carbonyl (C=O) groups is 7. The number of rotatable bonds is 26. The Morgan fingerprint density at radius 1 is 0.625 bits per heavy atom. The lowest BCUT2D eigenvalue weighted by molar-refractivity contribution is -0.150. The molecule has 3 atom stereocenters. The van der Waals surface area contributed by atoms with Crippen molar-refractivity contribution in [3.63, 3.8) is 0 Å². The average Bonchev–Trinajstić information content (AvgIpc) is 3.23. The van der Waals surface area contributed by atoms with Crippen molar-refractivity contribution in [2.24, 2.45) is 0 Å². The minimum Gasteiger partial charge on any atom is -0.480 e. The van der Waals surface area contributed by atoms with Gasteiger partial charge in [0.2, 0.25) is 19.2 Å². The van der Waals surface area contributed by atoms with Crippen molar-refractivity contribution in [3.8, 4) is 16.9 Å². The molecule has 0 spiro atoms. The summed E-state index contributed by atoms with van der Waals surface area (Å²) in [4.78, 5) is 105. The molecule has 2 aromatic rings. The Labute approximate surface area is 419 Å². The highest BCUT2D eigenvalue weighted by molar-refractivity contribution is 7.58. The summed E-state index contributed by atoms with van der Waals surface area (Å²) in [5.41, 5.74) is 6.57. The number of carboxylic acid groups (broad SMARTS) is 5. The van der Waals surface area contributed by atoms with Crippen LogP contribution in [0.3, 0.4) is 0 Å². The second-order valence-electron chi connectivity index (χ2n) is 17.9. The van der Waals surface area contributed by atoms with E-state index in [2.05, 4.69) is 12.1 Å². The van der Waals surface area contributed by atoms with Crippen molar-refractivity contribution in [1.29, 1.82) is 0 Å². The first kappa shape index (κ1) is 61.0. The fourth-order valence-corrected chi connectivity index (χ4v) is 11.0. The highest BCUT2D eigenvalue weighted by atomic mass is 31.2. The van der Waals surface area contributed by atoms with Gasteiger partial charge in [0.15, 0.2) is 0 Å². The molecule has 24 nitrogen and oxygen atoms in total. The first-order chi connectivity index (χ1) is 33.6. The fraction of sp³-hybridized carbons (Fsp3) is 0.587. The van der Waals surface area contributed by atoms with Gasteiger partial charge in [-0.15, -0.1) is 0 Å². The van der Waals surface area contributed by atoms with Crippen LogP contribution in [0.1, 0.15) is 47.6 Å². The van der Waals surface area contributed by atoms with Crippen LogP contribution in [-0.4, -0.2) is 225 Å². The zero-order valence-corrected chi connectivity index (χ0v) is 43.8. The molecule has 1 heterocycles. The van der Waals surface area contributed by atoms with Crippen LogP contribution in [0.5, 0.6) is 5.75 Å². The Morgan fingerprint density at radius 3 is 1.50 bits per heavy atom. The molecule has 0 aromatic heterocycles. The third kappa shape index (κ3) is 20.7. The molecule has 402 valence electrons. The lowest BCUT2D eigenvalue weighted by atomic mass is 9.90. The van der Waals surface area contributed by atoms with Crippen molar-refractivity contribution >= 4 is 56.9 Å². The summed E-state index contributed by atoms with van der Waals surface area (Å²) in [5.74, 6) is -8.72. The molecular weight excluding hydrogens is 986 g/mol. The number of hydrogen-bond donors (Lipinski definition) is 6. The molecule has 2 aromatic carbocycles. The van der Waals surface area contributed by atoms with Crippen molar-refractivity contribution in [2.75, 3.05) is 118 Å². The summed E-state index contributed by atoms with van der Waals surface area (Å²) in [6, 6.07) is 6.33. The van der Waals surface area contributed by atoms with Crippen molar-refractivity contribution in [3.05, 3.63) is 52.1 Å². The molecule has 1 aliphatic heterocycles. The van der Waals surface area contributed by atoms with E-state index >= 15 is 0 Å². The summed E-state index contributed by atoms with van der Waals surface area (Å²) >= 11 is 0. The third-order valence-corrected chi connectivity index (χ3v) is 14.4. The van der Waals surface area contributed by atoms with Crippen LogP contribution in [-0.2, 0) is 51.7 Å². The number of benzene rings is 2. The maximum Gasteiger partial charge on any atom is 0.527 e. The first-order valence-corrected chi connectivity index (χ1v) is 27.0. The minimum absolute atomic E-state index is 0.0218. The average molecular weight is 1060 g/mol. The third-order valence-electron chi connectivity index (χ3n) is 11.7. The van der Waals surface area contributed by atoms with E-state index < -0.39 is 109 Å². The minimum atomic E-state index is -4.76. The molecule has 3 rings (SSSR count). The molecule has 2 amide bonds. The van der Waals surface area contributed by atoms with Crippen LogP contribution in [0.25, 0.3) is 11.1 Å². The Kier molecular flexibility index (Phi) is 23.9. The maximum atomic E-state index is 13.5. The highest BCUT2D eigenvalue weighted by Gasteiger charge is 2.32. The molecule has 0 radical (unpaired) electrons. The number of phosphoric ester groups is 1. The lowest BCUT2D eigenvalue weighted by Crippen LogP contribution is -2.53. The van der Waals surface area contributed by atoms with Crippen LogP contribution >= 0.6 is 15.2 Å². The zero-order chi connectivity index (χ0) is 54.1. The van der Waals surface area contributed by atoms with Gasteiger partial charge in [-0.25, -0.2) is 4.57 Å². The van der Waals surface area contributed by atoms with Gasteiger partial charge in [-0.1, -0.05) is 17.7 Å². The van der Waals surface area contributed by atoms with Gasteiger partial charge in [0.05, 0.1) is 32.6 Å². The Morgan fingerprint density at radius 2 is 1.07 bits per heavy atom. The van der Waals surface area contributed by atoms with Gasteiger partial charge in [-0.05, 0) is 99.9 Å². The number of phosphoric acid groups is 1. The van der Waals surface area contributed by atoms with Crippen molar-refractivity contribution in [2.45, 2.75) is 60.4 Å². The van der Waals surface area contributed by atoms with Crippen LogP contribution in [0.15, 0.2) is 24.3 Å². The first-order valence-electron chi connectivity index (χ1n) is 23.2. The molecule has 72 heavy (non-hydrogen) atoms. The molecular formula is C46H70N6O18P2. The summed E-state index contributed by atoms with van der Waals surface area (Å²) in [6.07, 6.45) is -0.347. The molecule has 1 saturated heterocycles. The maximum absolute atomic E-state index is 13.5. The van der Waals surface area contributed by atoms with Gasteiger partial charge < -0.3 is 44.4 Å². The Hall–Kier alpha value is -5.29. The highest BCUT2D eigenvalue weighted by Crippen LogP contribution is 2.46. The van der Waals surface area contributed by atoms with E-state index in [0.29, 0.717) is 15.4 Å². The van der Waals surface area contributed by atoms with Gasteiger partial charge in [0.1, 0.15) is 38.0 Å².